The third-order valence-electron chi connectivity index (χ3n) is 3.70. The molecule has 1 aliphatic carbocycles. The molecular formula is C15H23FN2O2S. The van der Waals surface area contributed by atoms with E-state index in [1.165, 1.54) is 16.4 Å². The van der Waals surface area contributed by atoms with Crippen LogP contribution in [0.25, 0.3) is 0 Å². The Morgan fingerprint density at radius 1 is 1.33 bits per heavy atom. The number of benzene rings is 1. The lowest BCUT2D eigenvalue weighted by atomic mass is 10.2. The summed E-state index contributed by atoms with van der Waals surface area (Å²) in [6, 6.07) is 4.36. The second kappa shape index (κ2) is 6.85. The van der Waals surface area contributed by atoms with E-state index in [4.69, 9.17) is 0 Å². The van der Waals surface area contributed by atoms with Crippen LogP contribution >= 0.6 is 0 Å². The van der Waals surface area contributed by atoms with Crippen LogP contribution in [0.3, 0.4) is 0 Å². The molecule has 0 amide bonds. The van der Waals surface area contributed by atoms with Gasteiger partial charge in [-0.05, 0) is 43.0 Å². The SMILES string of the molecule is CCNCc1ccc(S(=O)(=O)N(CC)CC2CC2)c(F)c1. The molecule has 0 unspecified atom stereocenters. The van der Waals surface area contributed by atoms with Gasteiger partial charge in [-0.2, -0.15) is 4.31 Å². The van der Waals surface area contributed by atoms with E-state index in [-0.39, 0.29) is 4.90 Å². The van der Waals surface area contributed by atoms with Crippen molar-refractivity contribution in [3.63, 3.8) is 0 Å². The Balaban J connectivity index is 2.21. The Labute approximate surface area is 126 Å². The summed E-state index contributed by atoms with van der Waals surface area (Å²) in [4.78, 5) is -0.217. The molecule has 0 aliphatic heterocycles. The minimum Gasteiger partial charge on any atom is -0.313 e. The first-order valence-corrected chi connectivity index (χ1v) is 8.92. The van der Waals surface area contributed by atoms with Gasteiger partial charge in [-0.1, -0.05) is 19.9 Å². The molecule has 6 heteroatoms. The zero-order valence-corrected chi connectivity index (χ0v) is 13.4. The van der Waals surface area contributed by atoms with E-state index in [9.17, 15) is 12.8 Å². The van der Waals surface area contributed by atoms with Gasteiger partial charge in [0, 0.05) is 19.6 Å². The van der Waals surface area contributed by atoms with Crippen molar-refractivity contribution in [2.75, 3.05) is 19.6 Å². The van der Waals surface area contributed by atoms with Gasteiger partial charge in [0.1, 0.15) is 10.7 Å². The number of nitrogens with zero attached hydrogens (tertiary/aromatic N) is 1. The molecule has 21 heavy (non-hydrogen) atoms. The normalized spacial score (nSPS) is 15.6. The Morgan fingerprint density at radius 3 is 2.57 bits per heavy atom. The fraction of sp³-hybridized carbons (Fsp3) is 0.600. The molecule has 4 nitrogen and oxygen atoms in total. The molecule has 1 saturated carbocycles. The van der Waals surface area contributed by atoms with Crippen LogP contribution in [-0.2, 0) is 16.6 Å². The second-order valence-corrected chi connectivity index (χ2v) is 7.35. The predicted molar refractivity (Wildman–Crippen MR) is 80.9 cm³/mol. The summed E-state index contributed by atoms with van der Waals surface area (Å²) in [5.41, 5.74) is 0.749. The summed E-state index contributed by atoms with van der Waals surface area (Å²) in [5.74, 6) is -0.226. The lowest BCUT2D eigenvalue weighted by molar-refractivity contribution is 0.408. The van der Waals surface area contributed by atoms with Crippen LogP contribution < -0.4 is 5.32 Å². The third kappa shape index (κ3) is 4.02. The van der Waals surface area contributed by atoms with E-state index in [1.54, 1.807) is 13.0 Å². The number of halogens is 1. The number of hydrogen-bond donors (Lipinski definition) is 1. The monoisotopic (exact) mass is 314 g/mol. The first-order valence-electron chi connectivity index (χ1n) is 7.48. The van der Waals surface area contributed by atoms with E-state index in [0.29, 0.717) is 25.6 Å². The molecule has 0 spiro atoms. The molecule has 2 rings (SSSR count). The van der Waals surface area contributed by atoms with Gasteiger partial charge in [0.15, 0.2) is 0 Å². The van der Waals surface area contributed by atoms with Gasteiger partial charge < -0.3 is 5.32 Å². The van der Waals surface area contributed by atoms with E-state index < -0.39 is 15.8 Å². The lowest BCUT2D eigenvalue weighted by Crippen LogP contribution is -2.33. The molecule has 118 valence electrons. The van der Waals surface area contributed by atoms with Crippen LogP contribution in [0.5, 0.6) is 0 Å². The first-order chi connectivity index (χ1) is 9.98. The molecule has 1 aromatic carbocycles. The molecule has 0 radical (unpaired) electrons. The van der Waals surface area contributed by atoms with E-state index >= 15 is 0 Å². The van der Waals surface area contributed by atoms with Gasteiger partial charge in [-0.3, -0.25) is 0 Å². The summed E-state index contributed by atoms with van der Waals surface area (Å²) >= 11 is 0. The fourth-order valence-electron chi connectivity index (χ4n) is 2.26. The van der Waals surface area contributed by atoms with Crippen molar-refractivity contribution in [1.29, 1.82) is 0 Å². The Morgan fingerprint density at radius 2 is 2.05 bits per heavy atom. The van der Waals surface area contributed by atoms with Crippen molar-refractivity contribution in [1.82, 2.24) is 9.62 Å². The Kier molecular flexibility index (Phi) is 5.35. The average Bonchev–Trinajstić information content (AvgIpc) is 3.26. The summed E-state index contributed by atoms with van der Waals surface area (Å²) in [6.45, 7) is 5.94. The fourth-order valence-corrected chi connectivity index (χ4v) is 3.83. The standard InChI is InChI=1S/C15H23FN2O2S/c1-3-17-10-13-7-8-15(14(16)9-13)21(19,20)18(4-2)11-12-5-6-12/h7-9,12,17H,3-6,10-11H2,1-2H3. The molecule has 1 N–H and O–H groups in total. The number of sulfonamides is 1. The second-order valence-electron chi connectivity index (χ2n) is 5.44. The highest BCUT2D eigenvalue weighted by Gasteiger charge is 2.32. The van der Waals surface area contributed by atoms with Crippen LogP contribution in [0.2, 0.25) is 0 Å². The van der Waals surface area contributed by atoms with E-state index in [2.05, 4.69) is 5.32 Å². The topological polar surface area (TPSA) is 49.4 Å². The smallest absolute Gasteiger partial charge is 0.245 e. The maximum Gasteiger partial charge on any atom is 0.245 e. The van der Waals surface area contributed by atoms with Gasteiger partial charge in [-0.25, -0.2) is 12.8 Å². The summed E-state index contributed by atoms with van der Waals surface area (Å²) in [7, 11) is -3.74. The molecule has 0 saturated heterocycles. The highest BCUT2D eigenvalue weighted by atomic mass is 32.2. The zero-order chi connectivity index (χ0) is 15.5. The minimum absolute atomic E-state index is 0.217. The van der Waals surface area contributed by atoms with E-state index in [1.807, 2.05) is 6.92 Å². The molecular weight excluding hydrogens is 291 g/mol. The van der Waals surface area contributed by atoms with Crippen LogP contribution in [0.15, 0.2) is 23.1 Å². The van der Waals surface area contributed by atoms with Crippen molar-refractivity contribution in [2.24, 2.45) is 5.92 Å². The summed E-state index contributed by atoms with van der Waals surface area (Å²) in [6.07, 6.45) is 2.13. The molecule has 1 aliphatic rings. The molecule has 1 aromatic rings. The summed E-state index contributed by atoms with van der Waals surface area (Å²) < 4.78 is 40.7. The Hall–Kier alpha value is -0.980. The van der Waals surface area contributed by atoms with Crippen LogP contribution in [0, 0.1) is 11.7 Å². The van der Waals surface area contributed by atoms with Gasteiger partial charge in [-0.15, -0.1) is 0 Å². The molecule has 0 atom stereocenters. The van der Waals surface area contributed by atoms with Crippen LogP contribution in [0.4, 0.5) is 4.39 Å². The zero-order valence-electron chi connectivity index (χ0n) is 12.6. The third-order valence-corrected chi connectivity index (χ3v) is 5.68. The predicted octanol–water partition coefficient (Wildman–Crippen LogP) is 2.36. The highest BCUT2D eigenvalue weighted by molar-refractivity contribution is 7.89. The largest absolute Gasteiger partial charge is 0.313 e. The Bertz CT molecular complexity index is 585. The maximum absolute atomic E-state index is 14.2. The van der Waals surface area contributed by atoms with E-state index in [0.717, 1.165) is 24.9 Å². The molecule has 0 aromatic heterocycles. The average molecular weight is 314 g/mol. The quantitative estimate of drug-likeness (QED) is 0.801. The molecule has 0 bridgehead atoms. The lowest BCUT2D eigenvalue weighted by Gasteiger charge is -2.20. The van der Waals surface area contributed by atoms with Crippen molar-refractivity contribution in [3.05, 3.63) is 29.6 Å². The van der Waals surface area contributed by atoms with Gasteiger partial charge in [0.2, 0.25) is 10.0 Å². The van der Waals surface area contributed by atoms with Gasteiger partial charge in [0.05, 0.1) is 0 Å². The minimum atomic E-state index is -3.74. The first kappa shape index (κ1) is 16.4. The summed E-state index contributed by atoms with van der Waals surface area (Å²) in [5, 5.41) is 3.09. The highest BCUT2D eigenvalue weighted by Crippen LogP contribution is 2.32. The van der Waals surface area contributed by atoms with Gasteiger partial charge in [0.25, 0.3) is 0 Å². The van der Waals surface area contributed by atoms with Gasteiger partial charge >= 0.3 is 0 Å². The maximum atomic E-state index is 14.2. The van der Waals surface area contributed by atoms with Crippen molar-refractivity contribution in [2.45, 2.75) is 38.1 Å². The van der Waals surface area contributed by atoms with Crippen molar-refractivity contribution < 1.29 is 12.8 Å². The number of hydrogen-bond acceptors (Lipinski definition) is 3. The number of nitrogens with one attached hydrogen (secondary N) is 1. The van der Waals surface area contributed by atoms with Crippen LogP contribution in [0.1, 0.15) is 32.3 Å². The number of rotatable bonds is 8. The van der Waals surface area contributed by atoms with Crippen molar-refractivity contribution in [3.8, 4) is 0 Å². The molecule has 0 heterocycles. The van der Waals surface area contributed by atoms with Crippen molar-refractivity contribution >= 4 is 10.0 Å². The molecule has 1 fully saturated rings. The van der Waals surface area contributed by atoms with Crippen LogP contribution in [-0.4, -0.2) is 32.4 Å².